The van der Waals surface area contributed by atoms with Crippen LogP contribution < -0.4 is 5.32 Å². The molecule has 4 nitrogen and oxygen atoms in total. The molecule has 0 saturated heterocycles. The molecule has 1 heterocycles. The first kappa shape index (κ1) is 13.8. The summed E-state index contributed by atoms with van der Waals surface area (Å²) >= 11 is 0. The number of nitrogens with one attached hydrogen (secondary N) is 1. The monoisotopic (exact) mass is 260 g/mol. The topological polar surface area (TPSA) is 47.3 Å². The van der Waals surface area contributed by atoms with Gasteiger partial charge in [-0.1, -0.05) is 17.7 Å². The van der Waals surface area contributed by atoms with E-state index in [1.165, 1.54) is 5.56 Å². The minimum absolute atomic E-state index is 0.295. The number of oxazole rings is 1. The van der Waals surface area contributed by atoms with Crippen LogP contribution in [-0.2, 0) is 11.3 Å². The van der Waals surface area contributed by atoms with Gasteiger partial charge in [-0.3, -0.25) is 0 Å². The second-order valence-electron chi connectivity index (χ2n) is 4.75. The summed E-state index contributed by atoms with van der Waals surface area (Å²) in [4.78, 5) is 4.48. The van der Waals surface area contributed by atoms with Gasteiger partial charge in [0.2, 0.25) is 5.89 Å². The molecule has 0 saturated carbocycles. The highest BCUT2D eigenvalue weighted by Crippen LogP contribution is 2.19. The number of benzene rings is 1. The van der Waals surface area contributed by atoms with E-state index in [0.29, 0.717) is 25.1 Å². The normalized spacial score (nSPS) is 12.6. The van der Waals surface area contributed by atoms with Gasteiger partial charge in [0.25, 0.3) is 0 Å². The fraction of sp³-hybridized carbons (Fsp3) is 0.400. The van der Waals surface area contributed by atoms with Crippen LogP contribution in [0.15, 0.2) is 34.9 Å². The van der Waals surface area contributed by atoms with Gasteiger partial charge in [0.15, 0.2) is 0 Å². The Kier molecular flexibility index (Phi) is 4.71. The lowest BCUT2D eigenvalue weighted by molar-refractivity contribution is 0.171. The van der Waals surface area contributed by atoms with Gasteiger partial charge < -0.3 is 14.5 Å². The van der Waals surface area contributed by atoms with Crippen LogP contribution in [0.4, 0.5) is 0 Å². The fourth-order valence-electron chi connectivity index (χ4n) is 1.89. The molecular formula is C15H20N2O2. The standard InChI is InChI=1S/C15H20N2O2/c1-11-5-4-6-13(7-11)15-17-14(10-19-15)8-16-12(2)9-18-3/h4-7,10,12,16H,8-9H2,1-3H3. The summed E-state index contributed by atoms with van der Waals surface area (Å²) in [6.45, 7) is 5.49. The predicted molar refractivity (Wildman–Crippen MR) is 74.9 cm³/mol. The number of hydrogen-bond acceptors (Lipinski definition) is 4. The largest absolute Gasteiger partial charge is 0.444 e. The Morgan fingerprint density at radius 3 is 3.00 bits per heavy atom. The van der Waals surface area contributed by atoms with E-state index in [0.717, 1.165) is 11.3 Å². The van der Waals surface area contributed by atoms with Crippen LogP contribution in [0.5, 0.6) is 0 Å². The molecule has 0 aliphatic rings. The highest BCUT2D eigenvalue weighted by Gasteiger charge is 2.08. The van der Waals surface area contributed by atoms with Crippen molar-refractivity contribution >= 4 is 0 Å². The summed E-state index contributed by atoms with van der Waals surface area (Å²) in [7, 11) is 1.70. The zero-order valence-corrected chi connectivity index (χ0v) is 11.6. The minimum atomic E-state index is 0.295. The summed E-state index contributed by atoms with van der Waals surface area (Å²) in [5.41, 5.74) is 3.11. The van der Waals surface area contributed by atoms with Gasteiger partial charge in [-0.05, 0) is 26.0 Å². The van der Waals surface area contributed by atoms with Crippen LogP contribution in [0.1, 0.15) is 18.2 Å². The van der Waals surface area contributed by atoms with E-state index in [9.17, 15) is 0 Å². The number of ether oxygens (including phenoxy) is 1. The van der Waals surface area contributed by atoms with Gasteiger partial charge >= 0.3 is 0 Å². The van der Waals surface area contributed by atoms with Gasteiger partial charge in [-0.15, -0.1) is 0 Å². The van der Waals surface area contributed by atoms with Gasteiger partial charge in [0.1, 0.15) is 6.26 Å². The molecule has 4 heteroatoms. The summed E-state index contributed by atoms with van der Waals surface area (Å²) in [6, 6.07) is 8.43. The number of hydrogen-bond donors (Lipinski definition) is 1. The number of aromatic nitrogens is 1. The molecule has 0 radical (unpaired) electrons. The molecule has 0 spiro atoms. The maximum Gasteiger partial charge on any atom is 0.226 e. The van der Waals surface area contributed by atoms with Crippen molar-refractivity contribution in [2.24, 2.45) is 0 Å². The first-order valence-corrected chi connectivity index (χ1v) is 6.43. The van der Waals surface area contributed by atoms with Crippen molar-refractivity contribution in [2.75, 3.05) is 13.7 Å². The maximum absolute atomic E-state index is 5.52. The Labute approximate surface area is 113 Å². The quantitative estimate of drug-likeness (QED) is 0.867. The average molecular weight is 260 g/mol. The molecule has 1 aromatic heterocycles. The molecule has 2 aromatic rings. The van der Waals surface area contributed by atoms with Gasteiger partial charge in [-0.2, -0.15) is 0 Å². The lowest BCUT2D eigenvalue weighted by atomic mass is 10.1. The van der Waals surface area contributed by atoms with Gasteiger partial charge in [0, 0.05) is 25.3 Å². The van der Waals surface area contributed by atoms with Crippen molar-refractivity contribution in [3.05, 3.63) is 41.8 Å². The van der Waals surface area contributed by atoms with Crippen LogP contribution in [0.3, 0.4) is 0 Å². The van der Waals surface area contributed by atoms with Crippen LogP contribution in [0, 0.1) is 6.92 Å². The third-order valence-corrected chi connectivity index (χ3v) is 2.87. The second kappa shape index (κ2) is 6.50. The molecule has 0 bridgehead atoms. The smallest absolute Gasteiger partial charge is 0.226 e. The third kappa shape index (κ3) is 3.91. The van der Waals surface area contributed by atoms with Crippen molar-refractivity contribution in [1.29, 1.82) is 0 Å². The van der Waals surface area contributed by atoms with Crippen LogP contribution >= 0.6 is 0 Å². The molecule has 0 aliphatic carbocycles. The first-order chi connectivity index (χ1) is 9.19. The molecule has 0 aliphatic heterocycles. The summed E-state index contributed by atoms with van der Waals surface area (Å²) in [6.07, 6.45) is 1.70. The maximum atomic E-state index is 5.52. The van der Waals surface area contributed by atoms with E-state index < -0.39 is 0 Å². The van der Waals surface area contributed by atoms with Crippen molar-refractivity contribution in [3.8, 4) is 11.5 Å². The van der Waals surface area contributed by atoms with E-state index in [4.69, 9.17) is 9.15 Å². The molecular weight excluding hydrogens is 240 g/mol. The molecule has 1 unspecified atom stereocenters. The summed E-state index contributed by atoms with van der Waals surface area (Å²) in [5, 5.41) is 3.33. The van der Waals surface area contributed by atoms with E-state index in [2.05, 4.69) is 36.3 Å². The Bertz CT molecular complexity index is 522. The Balaban J connectivity index is 1.99. The van der Waals surface area contributed by atoms with Crippen molar-refractivity contribution in [3.63, 3.8) is 0 Å². The molecule has 19 heavy (non-hydrogen) atoms. The first-order valence-electron chi connectivity index (χ1n) is 6.43. The van der Waals surface area contributed by atoms with Crippen molar-refractivity contribution in [1.82, 2.24) is 10.3 Å². The lowest BCUT2D eigenvalue weighted by Crippen LogP contribution is -2.29. The van der Waals surface area contributed by atoms with Crippen LogP contribution in [-0.4, -0.2) is 24.7 Å². The van der Waals surface area contributed by atoms with Crippen LogP contribution in [0.2, 0.25) is 0 Å². The van der Waals surface area contributed by atoms with E-state index in [-0.39, 0.29) is 0 Å². The Morgan fingerprint density at radius 2 is 2.26 bits per heavy atom. The molecule has 1 aromatic carbocycles. The SMILES string of the molecule is COCC(C)NCc1coc(-c2cccc(C)c2)n1. The lowest BCUT2D eigenvalue weighted by Gasteiger charge is -2.10. The van der Waals surface area contributed by atoms with Gasteiger partial charge in [0.05, 0.1) is 12.3 Å². The Hall–Kier alpha value is -1.65. The molecule has 102 valence electrons. The molecule has 1 N–H and O–H groups in total. The second-order valence-corrected chi connectivity index (χ2v) is 4.75. The number of rotatable bonds is 6. The molecule has 2 rings (SSSR count). The molecule has 0 fully saturated rings. The van der Waals surface area contributed by atoms with E-state index >= 15 is 0 Å². The van der Waals surface area contributed by atoms with E-state index in [1.807, 2.05) is 12.1 Å². The zero-order chi connectivity index (χ0) is 13.7. The number of nitrogens with zero attached hydrogens (tertiary/aromatic N) is 1. The van der Waals surface area contributed by atoms with Gasteiger partial charge in [-0.25, -0.2) is 4.98 Å². The summed E-state index contributed by atoms with van der Waals surface area (Å²) < 4.78 is 10.6. The summed E-state index contributed by atoms with van der Waals surface area (Å²) in [5.74, 6) is 0.667. The highest BCUT2D eigenvalue weighted by atomic mass is 16.5. The number of methoxy groups -OCH3 is 1. The molecule has 1 atom stereocenters. The predicted octanol–water partition coefficient (Wildman–Crippen LogP) is 2.77. The van der Waals surface area contributed by atoms with E-state index in [1.54, 1.807) is 13.4 Å². The van der Waals surface area contributed by atoms with Crippen molar-refractivity contribution in [2.45, 2.75) is 26.4 Å². The molecule has 0 amide bonds. The van der Waals surface area contributed by atoms with Crippen LogP contribution in [0.25, 0.3) is 11.5 Å². The fourth-order valence-corrected chi connectivity index (χ4v) is 1.89. The highest BCUT2D eigenvalue weighted by molar-refractivity contribution is 5.54. The number of aryl methyl sites for hydroxylation is 1. The van der Waals surface area contributed by atoms with Crippen molar-refractivity contribution < 1.29 is 9.15 Å². The minimum Gasteiger partial charge on any atom is -0.444 e. The zero-order valence-electron chi connectivity index (χ0n) is 11.6. The average Bonchev–Trinajstić information content (AvgIpc) is 2.85. The Morgan fingerprint density at radius 1 is 1.42 bits per heavy atom. The third-order valence-electron chi connectivity index (χ3n) is 2.87.